The van der Waals surface area contributed by atoms with Crippen LogP contribution in [-0.2, 0) is 4.74 Å². The first-order valence-corrected chi connectivity index (χ1v) is 4.62. The van der Waals surface area contributed by atoms with Crippen molar-refractivity contribution in [1.29, 1.82) is 0 Å². The second-order valence-corrected chi connectivity index (χ2v) is 2.89. The fraction of sp³-hybridized carbons (Fsp3) is 0.273. The van der Waals surface area contributed by atoms with Crippen LogP contribution in [0.2, 0.25) is 0 Å². The number of carbonyl (C=O) groups is 1. The lowest BCUT2D eigenvalue weighted by Gasteiger charge is -2.00. The van der Waals surface area contributed by atoms with Crippen molar-refractivity contribution in [3.63, 3.8) is 0 Å². The van der Waals surface area contributed by atoms with Gasteiger partial charge >= 0.3 is 5.97 Å². The average Bonchev–Trinajstić information content (AvgIpc) is 2.30. The molecule has 0 fully saturated rings. The van der Waals surface area contributed by atoms with E-state index in [4.69, 9.17) is 5.73 Å². The smallest absolute Gasteiger partial charge is 0.342 e. The summed E-state index contributed by atoms with van der Waals surface area (Å²) in [7, 11) is 1.18. The molecule has 1 rings (SSSR count). The highest BCUT2D eigenvalue weighted by atomic mass is 19.1. The first kappa shape index (κ1) is 12.1. The lowest BCUT2D eigenvalue weighted by molar-refractivity contribution is 0.0594. The Morgan fingerprint density at radius 3 is 3.06 bits per heavy atom. The molecule has 0 saturated carbocycles. The number of aromatic nitrogens is 1. The number of hydrogen-bond acceptors (Lipinski definition) is 4. The van der Waals surface area contributed by atoms with E-state index in [0.29, 0.717) is 18.5 Å². The maximum Gasteiger partial charge on any atom is 0.342 e. The number of nitrogens with zero attached hydrogens (tertiary/aromatic N) is 1. The van der Waals surface area contributed by atoms with Crippen LogP contribution in [-0.4, -0.2) is 24.6 Å². The van der Waals surface area contributed by atoms with Gasteiger partial charge in [-0.25, -0.2) is 9.78 Å². The normalized spacial score (nSPS) is 9.19. The summed E-state index contributed by atoms with van der Waals surface area (Å²) in [6.45, 7) is 0.450. The van der Waals surface area contributed by atoms with E-state index in [9.17, 15) is 9.18 Å². The van der Waals surface area contributed by atoms with Crippen molar-refractivity contribution in [1.82, 2.24) is 4.98 Å². The lowest BCUT2D eigenvalue weighted by atomic mass is 10.2. The molecule has 0 unspecified atom stereocenters. The lowest BCUT2D eigenvalue weighted by Crippen LogP contribution is -2.06. The maximum absolute atomic E-state index is 13.1. The van der Waals surface area contributed by atoms with Gasteiger partial charge in [-0.15, -0.1) is 0 Å². The zero-order valence-corrected chi connectivity index (χ0v) is 8.79. The van der Waals surface area contributed by atoms with Gasteiger partial charge < -0.3 is 10.5 Å². The molecule has 1 aromatic rings. The number of ether oxygens (including phenoxy) is 1. The van der Waals surface area contributed by atoms with E-state index in [-0.39, 0.29) is 5.56 Å². The molecule has 2 N–H and O–H groups in total. The molecule has 0 amide bonds. The molecule has 1 heterocycles. The molecule has 16 heavy (non-hydrogen) atoms. The minimum absolute atomic E-state index is 0.220. The molecule has 0 atom stereocenters. The number of halogens is 1. The van der Waals surface area contributed by atoms with E-state index in [1.165, 1.54) is 19.4 Å². The summed E-state index contributed by atoms with van der Waals surface area (Å²) in [5, 5.41) is 0. The summed E-state index contributed by atoms with van der Waals surface area (Å²) >= 11 is 0. The predicted octanol–water partition coefficient (Wildman–Crippen LogP) is 0.708. The van der Waals surface area contributed by atoms with Crippen molar-refractivity contribution in [3.8, 4) is 11.8 Å². The van der Waals surface area contributed by atoms with Crippen LogP contribution in [0, 0.1) is 17.8 Å². The summed E-state index contributed by atoms with van der Waals surface area (Å²) in [6, 6.07) is 1.30. The molecule has 0 radical (unpaired) electrons. The summed E-state index contributed by atoms with van der Waals surface area (Å²) < 4.78 is 17.5. The zero-order valence-electron chi connectivity index (χ0n) is 8.79. The van der Waals surface area contributed by atoms with Crippen LogP contribution in [0.1, 0.15) is 22.3 Å². The number of rotatable bonds is 2. The molecule has 5 heteroatoms. The Morgan fingerprint density at radius 2 is 2.44 bits per heavy atom. The first-order valence-electron chi connectivity index (χ1n) is 4.62. The van der Waals surface area contributed by atoms with Gasteiger partial charge in [-0.1, -0.05) is 11.8 Å². The van der Waals surface area contributed by atoms with Gasteiger partial charge in [-0.3, -0.25) is 0 Å². The predicted molar refractivity (Wildman–Crippen MR) is 56.1 cm³/mol. The van der Waals surface area contributed by atoms with Gasteiger partial charge in [0.25, 0.3) is 0 Å². The van der Waals surface area contributed by atoms with Crippen molar-refractivity contribution in [2.24, 2.45) is 5.73 Å². The maximum atomic E-state index is 13.1. The number of carbonyl (C=O) groups excluding carboxylic acids is 1. The van der Waals surface area contributed by atoms with Gasteiger partial charge in [0, 0.05) is 24.7 Å². The number of pyridine rings is 1. The molecule has 84 valence electrons. The summed E-state index contributed by atoms with van der Waals surface area (Å²) in [5.41, 5.74) is 5.50. The van der Waals surface area contributed by atoms with Crippen LogP contribution < -0.4 is 5.73 Å². The Labute approximate surface area is 92.6 Å². The van der Waals surface area contributed by atoms with Gasteiger partial charge in [0.2, 0.25) is 5.95 Å². The quantitative estimate of drug-likeness (QED) is 0.454. The molecule has 0 spiro atoms. The van der Waals surface area contributed by atoms with E-state index in [2.05, 4.69) is 21.6 Å². The van der Waals surface area contributed by atoms with Gasteiger partial charge in [0.15, 0.2) is 0 Å². The van der Waals surface area contributed by atoms with Crippen LogP contribution in [0.5, 0.6) is 0 Å². The molecule has 0 aromatic carbocycles. The summed E-state index contributed by atoms with van der Waals surface area (Å²) in [5.74, 6) is 3.86. The van der Waals surface area contributed by atoms with E-state index in [1.54, 1.807) is 0 Å². The van der Waals surface area contributed by atoms with Crippen molar-refractivity contribution in [2.45, 2.75) is 6.42 Å². The third-order valence-corrected chi connectivity index (χ3v) is 1.75. The molecule has 0 saturated heterocycles. The van der Waals surface area contributed by atoms with Crippen molar-refractivity contribution in [2.75, 3.05) is 13.7 Å². The molecule has 4 nitrogen and oxygen atoms in total. The fourth-order valence-corrected chi connectivity index (χ4v) is 1.01. The van der Waals surface area contributed by atoms with Crippen molar-refractivity contribution < 1.29 is 13.9 Å². The molecule has 0 aliphatic rings. The van der Waals surface area contributed by atoms with Gasteiger partial charge in [0.1, 0.15) is 5.56 Å². The Hall–Kier alpha value is -1.93. The minimum atomic E-state index is -0.865. The largest absolute Gasteiger partial charge is 0.465 e. The highest BCUT2D eigenvalue weighted by molar-refractivity contribution is 5.89. The highest BCUT2D eigenvalue weighted by Crippen LogP contribution is 2.08. The number of hydrogen-bond donors (Lipinski definition) is 1. The molecular formula is C11H11FN2O2. The van der Waals surface area contributed by atoms with Gasteiger partial charge in [-0.2, -0.15) is 4.39 Å². The second-order valence-electron chi connectivity index (χ2n) is 2.89. The average molecular weight is 222 g/mol. The number of esters is 1. The third-order valence-electron chi connectivity index (χ3n) is 1.75. The first-order chi connectivity index (χ1) is 7.69. The van der Waals surface area contributed by atoms with Crippen LogP contribution >= 0.6 is 0 Å². The third kappa shape index (κ3) is 3.04. The zero-order chi connectivity index (χ0) is 12.0. The van der Waals surface area contributed by atoms with E-state index in [0.717, 1.165) is 0 Å². The van der Waals surface area contributed by atoms with Crippen LogP contribution in [0.3, 0.4) is 0 Å². The topological polar surface area (TPSA) is 65.2 Å². The highest BCUT2D eigenvalue weighted by Gasteiger charge is 2.13. The molecule has 1 aromatic heterocycles. The van der Waals surface area contributed by atoms with E-state index in [1.807, 2.05) is 0 Å². The molecule has 0 bridgehead atoms. The van der Waals surface area contributed by atoms with Crippen molar-refractivity contribution >= 4 is 5.97 Å². The Kier molecular flexibility index (Phi) is 4.42. The van der Waals surface area contributed by atoms with Gasteiger partial charge in [-0.05, 0) is 6.07 Å². The minimum Gasteiger partial charge on any atom is -0.465 e. The Morgan fingerprint density at radius 1 is 1.69 bits per heavy atom. The Balaban J connectivity index is 2.99. The SMILES string of the molecule is COC(=O)c1cc(C#CCCN)cnc1F. The van der Waals surface area contributed by atoms with Crippen LogP contribution in [0.4, 0.5) is 4.39 Å². The Bertz CT molecular complexity index is 449. The van der Waals surface area contributed by atoms with Crippen LogP contribution in [0.25, 0.3) is 0 Å². The number of nitrogens with two attached hydrogens (primary N) is 1. The fourth-order valence-electron chi connectivity index (χ4n) is 1.01. The molecular weight excluding hydrogens is 211 g/mol. The summed E-state index contributed by atoms with van der Waals surface area (Å²) in [6.07, 6.45) is 1.79. The van der Waals surface area contributed by atoms with Gasteiger partial charge in [0.05, 0.1) is 7.11 Å². The molecule has 0 aliphatic carbocycles. The van der Waals surface area contributed by atoms with Crippen molar-refractivity contribution in [3.05, 3.63) is 29.3 Å². The van der Waals surface area contributed by atoms with E-state index < -0.39 is 11.9 Å². The summed E-state index contributed by atoms with van der Waals surface area (Å²) in [4.78, 5) is 14.6. The monoisotopic (exact) mass is 222 g/mol. The molecule has 0 aliphatic heterocycles. The van der Waals surface area contributed by atoms with Crippen LogP contribution in [0.15, 0.2) is 12.3 Å². The van der Waals surface area contributed by atoms with E-state index >= 15 is 0 Å². The number of methoxy groups -OCH3 is 1. The second kappa shape index (κ2) is 5.83. The standard InChI is InChI=1S/C11H11FN2O2/c1-16-11(15)9-6-8(4-2-3-5-13)7-14-10(9)12/h6-7H,3,5,13H2,1H3.